The van der Waals surface area contributed by atoms with E-state index >= 15 is 0 Å². The van der Waals surface area contributed by atoms with Gasteiger partial charge in [0, 0.05) is 11.9 Å². The van der Waals surface area contributed by atoms with E-state index in [-0.39, 0.29) is 11.2 Å². The largest absolute Gasteiger partial charge is 0.461 e. The summed E-state index contributed by atoms with van der Waals surface area (Å²) in [5.74, 6) is 1.15. The van der Waals surface area contributed by atoms with Gasteiger partial charge < -0.3 is 14.3 Å². The van der Waals surface area contributed by atoms with Crippen LogP contribution in [0.15, 0.2) is 28.0 Å². The van der Waals surface area contributed by atoms with Gasteiger partial charge in [-0.15, -0.1) is 21.5 Å². The topological polar surface area (TPSA) is 85.8 Å². The van der Waals surface area contributed by atoms with Gasteiger partial charge in [0.1, 0.15) is 0 Å². The molecule has 1 N–H and O–H groups in total. The zero-order valence-corrected chi connectivity index (χ0v) is 15.4. The minimum absolute atomic E-state index is 0.115. The number of anilines is 1. The molecule has 0 bridgehead atoms. The second kappa shape index (κ2) is 6.78. The van der Waals surface area contributed by atoms with E-state index in [1.165, 1.54) is 23.1 Å². The van der Waals surface area contributed by atoms with E-state index in [4.69, 9.17) is 4.42 Å². The van der Waals surface area contributed by atoms with Crippen LogP contribution >= 0.6 is 23.1 Å². The van der Waals surface area contributed by atoms with Crippen molar-refractivity contribution in [3.05, 3.63) is 29.0 Å². The van der Waals surface area contributed by atoms with Crippen LogP contribution < -0.4 is 5.32 Å². The molecule has 9 heteroatoms. The first-order valence-corrected chi connectivity index (χ1v) is 9.00. The van der Waals surface area contributed by atoms with Gasteiger partial charge in [0.25, 0.3) is 0 Å². The lowest BCUT2D eigenvalue weighted by Crippen LogP contribution is -2.22. The lowest BCUT2D eigenvalue weighted by atomic mass is 10.4. The first kappa shape index (κ1) is 16.7. The first-order chi connectivity index (χ1) is 11.5. The second-order valence-electron chi connectivity index (χ2n) is 5.25. The van der Waals surface area contributed by atoms with Crippen LogP contribution in [-0.4, -0.2) is 30.9 Å². The van der Waals surface area contributed by atoms with Crippen molar-refractivity contribution in [1.29, 1.82) is 0 Å². The number of amides is 1. The summed E-state index contributed by atoms with van der Waals surface area (Å²) in [5, 5.41) is 12.1. The minimum Gasteiger partial charge on any atom is -0.461 e. The molecule has 0 radical (unpaired) electrons. The fourth-order valence-corrected chi connectivity index (χ4v) is 3.62. The van der Waals surface area contributed by atoms with Gasteiger partial charge in [0.15, 0.2) is 21.9 Å². The number of thioether (sulfide) groups is 1. The highest BCUT2D eigenvalue weighted by atomic mass is 32.2. The third-order valence-electron chi connectivity index (χ3n) is 3.49. The smallest absolute Gasteiger partial charge is 0.239 e. The van der Waals surface area contributed by atoms with E-state index in [1.54, 1.807) is 12.3 Å². The van der Waals surface area contributed by atoms with E-state index in [0.717, 1.165) is 10.6 Å². The zero-order valence-electron chi connectivity index (χ0n) is 13.7. The maximum Gasteiger partial charge on any atom is 0.239 e. The Hall–Kier alpha value is -2.13. The fourth-order valence-electron chi connectivity index (χ4n) is 1.98. The van der Waals surface area contributed by atoms with Crippen LogP contribution in [0.25, 0.3) is 11.6 Å². The zero-order chi connectivity index (χ0) is 17.3. The van der Waals surface area contributed by atoms with Crippen LogP contribution in [0, 0.1) is 13.8 Å². The van der Waals surface area contributed by atoms with Crippen molar-refractivity contribution in [3.8, 4) is 11.6 Å². The standard InChI is InChI=1S/C15H17N5O2S2/c1-8-9(2)23-14(16-8)17-13(21)10(3)24-15-19-18-12(20(15)4)11-6-5-7-22-11/h5-7,10H,1-4H3,(H,16,17,21). The van der Waals surface area contributed by atoms with E-state index < -0.39 is 0 Å². The summed E-state index contributed by atoms with van der Waals surface area (Å²) in [6, 6.07) is 3.62. The number of carbonyl (C=O) groups is 1. The third kappa shape index (κ3) is 3.36. The van der Waals surface area contributed by atoms with Crippen molar-refractivity contribution in [2.75, 3.05) is 5.32 Å². The molecule has 0 aliphatic rings. The van der Waals surface area contributed by atoms with Crippen molar-refractivity contribution >= 4 is 34.1 Å². The Morgan fingerprint density at radius 1 is 1.42 bits per heavy atom. The van der Waals surface area contributed by atoms with Crippen LogP contribution in [0.4, 0.5) is 5.13 Å². The van der Waals surface area contributed by atoms with Gasteiger partial charge in [0.2, 0.25) is 5.91 Å². The molecule has 0 aromatic carbocycles. The number of nitrogens with zero attached hydrogens (tertiary/aromatic N) is 4. The molecule has 3 aromatic rings. The molecule has 0 spiro atoms. The highest BCUT2D eigenvalue weighted by molar-refractivity contribution is 8.00. The van der Waals surface area contributed by atoms with Crippen molar-refractivity contribution in [2.24, 2.45) is 7.05 Å². The molecule has 0 saturated carbocycles. The number of nitrogens with one attached hydrogen (secondary N) is 1. The van der Waals surface area contributed by atoms with Crippen LogP contribution in [0.3, 0.4) is 0 Å². The van der Waals surface area contributed by atoms with E-state index in [9.17, 15) is 4.79 Å². The number of hydrogen-bond donors (Lipinski definition) is 1. The Labute approximate surface area is 147 Å². The summed E-state index contributed by atoms with van der Waals surface area (Å²) >= 11 is 2.81. The first-order valence-electron chi connectivity index (χ1n) is 7.30. The lowest BCUT2D eigenvalue weighted by molar-refractivity contribution is -0.115. The molecule has 0 aliphatic carbocycles. The molecule has 1 atom stereocenters. The lowest BCUT2D eigenvalue weighted by Gasteiger charge is -2.09. The molecule has 0 fully saturated rings. The van der Waals surface area contributed by atoms with Crippen LogP contribution in [0.1, 0.15) is 17.5 Å². The molecule has 0 aliphatic heterocycles. The van der Waals surface area contributed by atoms with Gasteiger partial charge in [0.05, 0.1) is 17.2 Å². The van der Waals surface area contributed by atoms with Gasteiger partial charge in [-0.25, -0.2) is 4.98 Å². The maximum atomic E-state index is 12.3. The second-order valence-corrected chi connectivity index (χ2v) is 7.76. The molecular formula is C15H17N5O2S2. The number of hydrogen-bond acceptors (Lipinski definition) is 7. The summed E-state index contributed by atoms with van der Waals surface area (Å²) in [6.07, 6.45) is 1.59. The molecule has 3 rings (SSSR count). The van der Waals surface area contributed by atoms with Gasteiger partial charge in [-0.1, -0.05) is 11.8 Å². The summed E-state index contributed by atoms with van der Waals surface area (Å²) in [7, 11) is 1.85. The monoisotopic (exact) mass is 363 g/mol. The Bertz CT molecular complexity index is 834. The van der Waals surface area contributed by atoms with Crippen molar-refractivity contribution in [3.63, 3.8) is 0 Å². The number of carbonyl (C=O) groups excluding carboxylic acids is 1. The summed E-state index contributed by atoms with van der Waals surface area (Å²) in [5.41, 5.74) is 0.937. The normalized spacial score (nSPS) is 12.3. The molecule has 24 heavy (non-hydrogen) atoms. The highest BCUT2D eigenvalue weighted by Gasteiger charge is 2.21. The molecular weight excluding hydrogens is 346 g/mol. The average Bonchev–Trinajstić information content (AvgIpc) is 3.23. The molecule has 1 unspecified atom stereocenters. The summed E-state index contributed by atoms with van der Waals surface area (Å²) < 4.78 is 7.15. The SMILES string of the molecule is Cc1nc(NC(=O)C(C)Sc2nnc(-c3ccco3)n2C)sc1C. The van der Waals surface area contributed by atoms with Crippen molar-refractivity contribution < 1.29 is 9.21 Å². The van der Waals surface area contributed by atoms with Crippen LogP contribution in [0.5, 0.6) is 0 Å². The number of thiazole rings is 1. The summed E-state index contributed by atoms with van der Waals surface area (Å²) in [6.45, 7) is 5.74. The molecule has 7 nitrogen and oxygen atoms in total. The fraction of sp³-hybridized carbons (Fsp3) is 0.333. The average molecular weight is 363 g/mol. The third-order valence-corrected chi connectivity index (χ3v) is 5.61. The van der Waals surface area contributed by atoms with E-state index in [2.05, 4.69) is 20.5 Å². The molecule has 1 amide bonds. The Morgan fingerprint density at radius 3 is 2.83 bits per heavy atom. The summed E-state index contributed by atoms with van der Waals surface area (Å²) in [4.78, 5) is 17.8. The molecule has 3 heterocycles. The van der Waals surface area contributed by atoms with Gasteiger partial charge in [-0.2, -0.15) is 0 Å². The van der Waals surface area contributed by atoms with Crippen molar-refractivity contribution in [1.82, 2.24) is 19.7 Å². The van der Waals surface area contributed by atoms with Gasteiger partial charge in [-0.3, -0.25) is 4.79 Å². The molecule has 126 valence electrons. The molecule has 3 aromatic heterocycles. The van der Waals surface area contributed by atoms with E-state index in [0.29, 0.717) is 21.9 Å². The number of furan rings is 1. The van der Waals surface area contributed by atoms with Gasteiger partial charge >= 0.3 is 0 Å². The van der Waals surface area contributed by atoms with Crippen LogP contribution in [-0.2, 0) is 11.8 Å². The minimum atomic E-state index is -0.332. The highest BCUT2D eigenvalue weighted by Crippen LogP contribution is 2.27. The van der Waals surface area contributed by atoms with Crippen molar-refractivity contribution in [2.45, 2.75) is 31.2 Å². The number of rotatable bonds is 5. The van der Waals surface area contributed by atoms with Gasteiger partial charge in [-0.05, 0) is 32.9 Å². The van der Waals surface area contributed by atoms with Crippen LogP contribution in [0.2, 0.25) is 0 Å². The number of aryl methyl sites for hydroxylation is 2. The van der Waals surface area contributed by atoms with E-state index in [1.807, 2.05) is 38.5 Å². The Kier molecular flexibility index (Phi) is 4.72. The molecule has 0 saturated heterocycles. The Balaban J connectivity index is 1.68. The maximum absolute atomic E-state index is 12.3. The quantitative estimate of drug-likeness (QED) is 0.700. The Morgan fingerprint density at radius 2 is 2.21 bits per heavy atom. The predicted molar refractivity (Wildman–Crippen MR) is 94.2 cm³/mol. The predicted octanol–water partition coefficient (Wildman–Crippen LogP) is 3.27. The number of aromatic nitrogens is 4.